The van der Waals surface area contributed by atoms with E-state index in [-0.39, 0.29) is 13.0 Å². The lowest BCUT2D eigenvalue weighted by molar-refractivity contribution is 0.163. The summed E-state index contributed by atoms with van der Waals surface area (Å²) < 4.78 is 53.5. The lowest BCUT2D eigenvalue weighted by atomic mass is 9.90. The summed E-state index contributed by atoms with van der Waals surface area (Å²) in [6.07, 6.45) is 3.79. The minimum atomic E-state index is -4.39. The van der Waals surface area contributed by atoms with Gasteiger partial charge >= 0.3 is 16.3 Å². The number of hydrogen-bond acceptors (Lipinski definition) is 8. The van der Waals surface area contributed by atoms with Crippen LogP contribution in [0.15, 0.2) is 18.6 Å². The molecule has 1 saturated heterocycles. The van der Waals surface area contributed by atoms with E-state index < -0.39 is 48.9 Å². The summed E-state index contributed by atoms with van der Waals surface area (Å²) in [5.74, 6) is 0.704. The second-order valence-corrected chi connectivity index (χ2v) is 14.5. The number of nitrogens with zero attached hydrogens (tertiary/aromatic N) is 5. The Kier molecular flexibility index (Phi) is 6.29. The Balaban J connectivity index is 1.56. The zero-order valence-corrected chi connectivity index (χ0v) is 21.9. The number of amides is 1. The van der Waals surface area contributed by atoms with Gasteiger partial charge in [0, 0.05) is 38.6 Å². The molecular weight excluding hydrogens is 496 g/mol. The highest BCUT2D eigenvalue weighted by Gasteiger charge is 2.58. The average molecular weight is 529 g/mol. The van der Waals surface area contributed by atoms with E-state index >= 15 is 0 Å². The molecule has 2 N–H and O–H groups in total. The Bertz CT molecular complexity index is 1330. The fourth-order valence-corrected chi connectivity index (χ4v) is 8.75. The van der Waals surface area contributed by atoms with Crippen molar-refractivity contribution in [3.8, 4) is 0 Å². The number of fused-ring (bicyclic) bond motifs is 1. The third-order valence-electron chi connectivity index (χ3n) is 6.89. The number of sulfone groups is 1. The highest BCUT2D eigenvalue weighted by Crippen LogP contribution is 2.47. The van der Waals surface area contributed by atoms with Crippen molar-refractivity contribution in [1.82, 2.24) is 23.6 Å². The van der Waals surface area contributed by atoms with Gasteiger partial charge in [-0.3, -0.25) is 0 Å². The van der Waals surface area contributed by atoms with E-state index in [0.717, 1.165) is 11.6 Å². The van der Waals surface area contributed by atoms with Crippen LogP contribution in [0.1, 0.15) is 40.0 Å². The first-order valence-corrected chi connectivity index (χ1v) is 14.8. The van der Waals surface area contributed by atoms with Gasteiger partial charge < -0.3 is 15.0 Å². The SMILES string of the molecule is CC(C)(C)C(CCN(C(=O)O)S(=O)(=O)N1CCN(c2ncnc3[nH]ccc23)CC12CC2)S(C)(=O)=O. The predicted molar refractivity (Wildman–Crippen MR) is 131 cm³/mol. The third-order valence-corrected chi connectivity index (χ3v) is 10.9. The van der Waals surface area contributed by atoms with Crippen LogP contribution in [-0.4, -0.2) is 94.8 Å². The molecule has 1 atom stereocenters. The molecule has 0 bridgehead atoms. The lowest BCUT2D eigenvalue weighted by Crippen LogP contribution is -2.61. The molecule has 1 unspecified atom stereocenters. The van der Waals surface area contributed by atoms with E-state index in [1.165, 1.54) is 10.6 Å². The van der Waals surface area contributed by atoms with Crippen LogP contribution in [0.25, 0.3) is 11.0 Å². The molecule has 2 aromatic heterocycles. The van der Waals surface area contributed by atoms with Crippen molar-refractivity contribution >= 4 is 43.0 Å². The number of aromatic nitrogens is 3. The number of rotatable bonds is 7. The minimum absolute atomic E-state index is 0.0941. The normalized spacial score (nSPS) is 19.7. The fraction of sp³-hybridized carbons (Fsp3) is 0.667. The molecular formula is C21H32N6O6S2. The van der Waals surface area contributed by atoms with Crippen molar-refractivity contribution < 1.29 is 26.7 Å². The Labute approximate surface area is 205 Å². The maximum absolute atomic E-state index is 13.6. The summed E-state index contributed by atoms with van der Waals surface area (Å²) in [6.45, 7) is 5.60. The van der Waals surface area contributed by atoms with Crippen LogP contribution < -0.4 is 4.90 Å². The average Bonchev–Trinajstić information content (AvgIpc) is 3.30. The zero-order valence-electron chi connectivity index (χ0n) is 20.3. The standard InChI is InChI=1S/C21H32N6O6S2/c1-20(2,3)16(34(4,30)31)6-10-26(19(28)29)35(32,33)27-12-11-25(13-21(27)7-8-21)18-15-5-9-22-17(15)23-14-24-18/h5,9,14,16H,6-8,10-13H2,1-4H3,(H,28,29)(H,22,23,24). The molecule has 2 aromatic rings. The van der Waals surface area contributed by atoms with Crippen molar-refractivity contribution in [2.75, 3.05) is 37.3 Å². The van der Waals surface area contributed by atoms with Gasteiger partial charge in [0.1, 0.15) is 17.8 Å². The number of piperazine rings is 1. The first-order chi connectivity index (χ1) is 16.2. The van der Waals surface area contributed by atoms with Gasteiger partial charge in [-0.2, -0.15) is 17.0 Å². The van der Waals surface area contributed by atoms with Crippen LogP contribution in [0, 0.1) is 5.41 Å². The van der Waals surface area contributed by atoms with Gasteiger partial charge in [0.25, 0.3) is 0 Å². The molecule has 1 amide bonds. The Morgan fingerprint density at radius 2 is 1.91 bits per heavy atom. The minimum Gasteiger partial charge on any atom is -0.464 e. The molecule has 2 aliphatic rings. The van der Waals surface area contributed by atoms with Crippen LogP contribution >= 0.6 is 0 Å². The highest BCUT2D eigenvalue weighted by molar-refractivity contribution is 7.91. The smallest absolute Gasteiger partial charge is 0.422 e. The number of hydrogen-bond donors (Lipinski definition) is 2. The van der Waals surface area contributed by atoms with Gasteiger partial charge in [-0.15, -0.1) is 0 Å². The molecule has 12 nitrogen and oxygen atoms in total. The molecule has 194 valence electrons. The summed E-state index contributed by atoms with van der Waals surface area (Å²) in [7, 11) is -7.91. The van der Waals surface area contributed by atoms with Crippen molar-refractivity contribution in [2.45, 2.75) is 50.8 Å². The highest BCUT2D eigenvalue weighted by atomic mass is 32.2. The molecule has 0 aromatic carbocycles. The summed E-state index contributed by atoms with van der Waals surface area (Å²) in [6, 6.07) is 1.87. The number of anilines is 1. The van der Waals surface area contributed by atoms with Crippen LogP contribution in [0.4, 0.5) is 10.6 Å². The monoisotopic (exact) mass is 528 g/mol. The van der Waals surface area contributed by atoms with E-state index in [4.69, 9.17) is 0 Å². The predicted octanol–water partition coefficient (Wildman–Crippen LogP) is 1.69. The van der Waals surface area contributed by atoms with Crippen LogP contribution in [0.5, 0.6) is 0 Å². The Morgan fingerprint density at radius 3 is 2.49 bits per heavy atom. The molecule has 4 rings (SSSR count). The molecule has 1 aliphatic heterocycles. The topological polar surface area (TPSA) is 157 Å². The zero-order chi connectivity index (χ0) is 25.8. The van der Waals surface area contributed by atoms with Gasteiger partial charge in [0.05, 0.1) is 16.2 Å². The van der Waals surface area contributed by atoms with Crippen LogP contribution in [0.2, 0.25) is 0 Å². The molecule has 1 saturated carbocycles. The van der Waals surface area contributed by atoms with Crippen molar-refractivity contribution in [1.29, 1.82) is 0 Å². The van der Waals surface area contributed by atoms with E-state index in [2.05, 4.69) is 15.0 Å². The third kappa shape index (κ3) is 4.83. The quantitative estimate of drug-likeness (QED) is 0.546. The van der Waals surface area contributed by atoms with E-state index in [0.29, 0.717) is 41.7 Å². The molecule has 14 heteroatoms. The maximum Gasteiger partial charge on any atom is 0.422 e. The Hall–Kier alpha value is -2.45. The summed E-state index contributed by atoms with van der Waals surface area (Å²) in [5.41, 5.74) is -0.712. The fourth-order valence-electron chi connectivity index (χ4n) is 5.12. The second kappa shape index (κ2) is 8.59. The number of nitrogens with one attached hydrogen (secondary N) is 1. The first-order valence-electron chi connectivity index (χ1n) is 11.4. The molecule has 1 spiro atoms. The van der Waals surface area contributed by atoms with Gasteiger partial charge in [0.15, 0.2) is 9.84 Å². The number of H-pyrrole nitrogens is 1. The van der Waals surface area contributed by atoms with E-state index in [1.807, 2.05) is 11.0 Å². The second-order valence-electron chi connectivity index (χ2n) is 10.5. The Morgan fingerprint density at radius 1 is 1.23 bits per heavy atom. The van der Waals surface area contributed by atoms with E-state index in [9.17, 15) is 26.7 Å². The van der Waals surface area contributed by atoms with Gasteiger partial charge in [0.2, 0.25) is 0 Å². The molecule has 2 fully saturated rings. The summed E-state index contributed by atoms with van der Waals surface area (Å²) in [5, 5.41) is 9.76. The van der Waals surface area contributed by atoms with Crippen molar-refractivity contribution in [3.05, 3.63) is 18.6 Å². The number of aromatic amines is 1. The van der Waals surface area contributed by atoms with Gasteiger partial charge in [-0.05, 0) is 30.7 Å². The molecule has 1 aliphatic carbocycles. The largest absolute Gasteiger partial charge is 0.464 e. The number of carbonyl (C=O) groups is 1. The van der Waals surface area contributed by atoms with Gasteiger partial charge in [-0.1, -0.05) is 20.8 Å². The van der Waals surface area contributed by atoms with Crippen LogP contribution in [0.3, 0.4) is 0 Å². The molecule has 0 radical (unpaired) electrons. The lowest BCUT2D eigenvalue weighted by Gasteiger charge is -2.43. The summed E-state index contributed by atoms with van der Waals surface area (Å²) in [4.78, 5) is 25.7. The van der Waals surface area contributed by atoms with Crippen LogP contribution in [-0.2, 0) is 20.0 Å². The van der Waals surface area contributed by atoms with Gasteiger partial charge in [-0.25, -0.2) is 23.2 Å². The number of carboxylic acid groups (broad SMARTS) is 1. The summed E-state index contributed by atoms with van der Waals surface area (Å²) >= 11 is 0. The maximum atomic E-state index is 13.6. The molecule has 3 heterocycles. The first kappa shape index (κ1) is 25.6. The van der Waals surface area contributed by atoms with Crippen molar-refractivity contribution in [2.24, 2.45) is 5.41 Å². The van der Waals surface area contributed by atoms with Crippen molar-refractivity contribution in [3.63, 3.8) is 0 Å². The van der Waals surface area contributed by atoms with E-state index in [1.54, 1.807) is 27.0 Å². The molecule has 35 heavy (non-hydrogen) atoms.